The van der Waals surface area contributed by atoms with E-state index in [9.17, 15) is 0 Å². The third kappa shape index (κ3) is 3.17. The van der Waals surface area contributed by atoms with Crippen molar-refractivity contribution in [3.8, 4) is 11.1 Å². The van der Waals surface area contributed by atoms with Gasteiger partial charge in [0.15, 0.2) is 0 Å². The molecule has 4 aromatic rings. The van der Waals surface area contributed by atoms with Crippen LogP contribution in [-0.2, 0) is 5.41 Å². The molecule has 134 valence electrons. The summed E-state index contributed by atoms with van der Waals surface area (Å²) in [4.78, 5) is 0. The maximum atomic E-state index is 2.33. The molecule has 0 saturated carbocycles. The molecular weight excluding hydrogens is 324 g/mol. The lowest BCUT2D eigenvalue weighted by atomic mass is 9.82. The SMILES string of the molecule is Cc1ccc2c(c1)C(C)(C)c1ccccc1-2.Cc1ccc2ccccc2c1. The second kappa shape index (κ2) is 6.70. The van der Waals surface area contributed by atoms with Gasteiger partial charge in [-0.25, -0.2) is 0 Å². The molecule has 0 heteroatoms. The second-order valence-corrected chi connectivity index (χ2v) is 8.07. The van der Waals surface area contributed by atoms with Gasteiger partial charge in [-0.1, -0.05) is 110 Å². The summed E-state index contributed by atoms with van der Waals surface area (Å²) in [5.41, 5.74) is 8.55. The average Bonchev–Trinajstić information content (AvgIpc) is 2.90. The van der Waals surface area contributed by atoms with E-state index in [0.717, 1.165) is 0 Å². The Kier molecular flexibility index (Phi) is 4.36. The highest BCUT2D eigenvalue weighted by molar-refractivity contribution is 5.83. The molecule has 0 saturated heterocycles. The van der Waals surface area contributed by atoms with Gasteiger partial charge in [0.2, 0.25) is 0 Å². The number of aryl methyl sites for hydroxylation is 2. The van der Waals surface area contributed by atoms with Crippen molar-refractivity contribution in [2.45, 2.75) is 33.1 Å². The molecule has 0 aromatic heterocycles. The zero-order valence-electron chi connectivity index (χ0n) is 16.6. The molecule has 0 fully saturated rings. The van der Waals surface area contributed by atoms with Crippen molar-refractivity contribution in [3.05, 3.63) is 107 Å². The van der Waals surface area contributed by atoms with Crippen LogP contribution in [0.2, 0.25) is 0 Å². The van der Waals surface area contributed by atoms with E-state index in [-0.39, 0.29) is 5.41 Å². The number of rotatable bonds is 0. The lowest BCUT2D eigenvalue weighted by Crippen LogP contribution is -2.14. The first kappa shape index (κ1) is 17.5. The van der Waals surface area contributed by atoms with Crippen molar-refractivity contribution >= 4 is 10.8 Å². The molecule has 4 aromatic carbocycles. The zero-order chi connectivity index (χ0) is 19.0. The standard InChI is InChI=1S/C16H16.C11H10/c1-11-8-9-13-12-6-4-5-7-14(12)16(2,3)15(13)10-11;1-9-6-7-10-4-2-3-5-11(10)8-9/h4-10H,1-3H3;2-8H,1H3. The molecule has 1 aliphatic rings. The fourth-order valence-electron chi connectivity index (χ4n) is 4.13. The van der Waals surface area contributed by atoms with Crippen molar-refractivity contribution in [1.82, 2.24) is 0 Å². The van der Waals surface area contributed by atoms with E-state index in [0.29, 0.717) is 0 Å². The van der Waals surface area contributed by atoms with Gasteiger partial charge in [-0.2, -0.15) is 0 Å². The number of fused-ring (bicyclic) bond motifs is 4. The van der Waals surface area contributed by atoms with Gasteiger partial charge in [-0.05, 0) is 46.9 Å². The van der Waals surface area contributed by atoms with Crippen LogP contribution >= 0.6 is 0 Å². The van der Waals surface area contributed by atoms with E-state index in [1.165, 1.54) is 44.2 Å². The Labute approximate surface area is 162 Å². The summed E-state index contributed by atoms with van der Waals surface area (Å²) in [7, 11) is 0. The largest absolute Gasteiger partial charge is 0.0619 e. The summed E-state index contributed by atoms with van der Waals surface area (Å²) in [6.07, 6.45) is 0. The molecule has 0 N–H and O–H groups in total. The minimum atomic E-state index is 0.151. The molecule has 0 radical (unpaired) electrons. The van der Waals surface area contributed by atoms with Crippen LogP contribution in [0, 0.1) is 13.8 Å². The fourth-order valence-corrected chi connectivity index (χ4v) is 4.13. The van der Waals surface area contributed by atoms with Crippen molar-refractivity contribution in [3.63, 3.8) is 0 Å². The number of benzene rings is 4. The van der Waals surface area contributed by atoms with Crippen molar-refractivity contribution in [2.75, 3.05) is 0 Å². The molecule has 0 nitrogen and oxygen atoms in total. The van der Waals surface area contributed by atoms with Crippen molar-refractivity contribution < 1.29 is 0 Å². The molecule has 0 bridgehead atoms. The van der Waals surface area contributed by atoms with E-state index in [2.05, 4.69) is 113 Å². The van der Waals surface area contributed by atoms with E-state index in [1.807, 2.05) is 0 Å². The minimum absolute atomic E-state index is 0.151. The van der Waals surface area contributed by atoms with Crippen LogP contribution in [0.15, 0.2) is 84.9 Å². The van der Waals surface area contributed by atoms with E-state index in [1.54, 1.807) is 0 Å². The first-order chi connectivity index (χ1) is 13.0. The van der Waals surface area contributed by atoms with Crippen LogP contribution in [0.3, 0.4) is 0 Å². The van der Waals surface area contributed by atoms with Gasteiger partial charge in [0.25, 0.3) is 0 Å². The number of hydrogen-bond acceptors (Lipinski definition) is 0. The predicted molar refractivity (Wildman–Crippen MR) is 117 cm³/mol. The lowest BCUT2D eigenvalue weighted by molar-refractivity contribution is 0.660. The molecule has 27 heavy (non-hydrogen) atoms. The Bertz CT molecular complexity index is 1120. The normalized spacial score (nSPS) is 13.5. The van der Waals surface area contributed by atoms with Crippen LogP contribution in [0.4, 0.5) is 0 Å². The number of hydrogen-bond donors (Lipinski definition) is 0. The zero-order valence-corrected chi connectivity index (χ0v) is 16.6. The van der Waals surface area contributed by atoms with Gasteiger partial charge in [0, 0.05) is 5.41 Å². The summed E-state index contributed by atoms with van der Waals surface area (Å²) >= 11 is 0. The third-order valence-corrected chi connectivity index (χ3v) is 5.64. The van der Waals surface area contributed by atoms with Crippen molar-refractivity contribution in [1.29, 1.82) is 0 Å². The Morgan fingerprint density at radius 1 is 0.519 bits per heavy atom. The molecule has 0 atom stereocenters. The van der Waals surface area contributed by atoms with Crippen LogP contribution in [0.5, 0.6) is 0 Å². The van der Waals surface area contributed by atoms with Gasteiger partial charge >= 0.3 is 0 Å². The van der Waals surface area contributed by atoms with Gasteiger partial charge in [0.05, 0.1) is 0 Å². The summed E-state index contributed by atoms with van der Waals surface area (Å²) in [5, 5.41) is 2.64. The van der Waals surface area contributed by atoms with Crippen LogP contribution in [0.1, 0.15) is 36.1 Å². The Morgan fingerprint density at radius 2 is 1.11 bits per heavy atom. The van der Waals surface area contributed by atoms with E-state index < -0.39 is 0 Å². The molecule has 0 heterocycles. The van der Waals surface area contributed by atoms with E-state index >= 15 is 0 Å². The first-order valence-corrected chi connectivity index (χ1v) is 9.63. The maximum Gasteiger partial charge on any atom is 0.0158 e. The average molecular weight is 351 g/mol. The fraction of sp³-hybridized carbons (Fsp3) is 0.185. The summed E-state index contributed by atoms with van der Waals surface area (Å²) < 4.78 is 0. The molecule has 0 aliphatic heterocycles. The molecule has 0 unspecified atom stereocenters. The second-order valence-electron chi connectivity index (χ2n) is 8.07. The predicted octanol–water partition coefficient (Wildman–Crippen LogP) is 7.45. The van der Waals surface area contributed by atoms with Gasteiger partial charge in [-0.15, -0.1) is 0 Å². The van der Waals surface area contributed by atoms with Crippen molar-refractivity contribution in [2.24, 2.45) is 0 Å². The summed E-state index contributed by atoms with van der Waals surface area (Å²) in [6.45, 7) is 8.92. The highest BCUT2D eigenvalue weighted by atomic mass is 14.4. The molecule has 5 rings (SSSR count). The Hall–Kier alpha value is -2.86. The minimum Gasteiger partial charge on any atom is -0.0619 e. The van der Waals surface area contributed by atoms with Crippen LogP contribution in [-0.4, -0.2) is 0 Å². The van der Waals surface area contributed by atoms with Gasteiger partial charge in [-0.3, -0.25) is 0 Å². The highest BCUT2D eigenvalue weighted by Gasteiger charge is 2.34. The highest BCUT2D eigenvalue weighted by Crippen LogP contribution is 2.48. The quantitative estimate of drug-likeness (QED) is 0.309. The first-order valence-electron chi connectivity index (χ1n) is 9.63. The maximum absolute atomic E-state index is 2.33. The topological polar surface area (TPSA) is 0 Å². The van der Waals surface area contributed by atoms with E-state index in [4.69, 9.17) is 0 Å². The lowest BCUT2D eigenvalue weighted by Gasteiger charge is -2.21. The molecule has 1 aliphatic carbocycles. The van der Waals surface area contributed by atoms with Gasteiger partial charge < -0.3 is 0 Å². The molecule has 0 spiro atoms. The molecule has 0 amide bonds. The monoisotopic (exact) mass is 350 g/mol. The smallest absolute Gasteiger partial charge is 0.0158 e. The Balaban J connectivity index is 0.000000143. The third-order valence-electron chi connectivity index (χ3n) is 5.64. The van der Waals surface area contributed by atoms with Crippen LogP contribution < -0.4 is 0 Å². The van der Waals surface area contributed by atoms with Crippen LogP contribution in [0.25, 0.3) is 21.9 Å². The Morgan fingerprint density at radius 3 is 1.93 bits per heavy atom. The molecular formula is C27H26. The van der Waals surface area contributed by atoms with Gasteiger partial charge in [0.1, 0.15) is 0 Å². The summed E-state index contributed by atoms with van der Waals surface area (Å²) in [6, 6.07) is 30.5. The summed E-state index contributed by atoms with van der Waals surface area (Å²) in [5.74, 6) is 0.